The topological polar surface area (TPSA) is 98.4 Å². The molecule has 0 aromatic heterocycles. The highest BCUT2D eigenvalue weighted by Crippen LogP contribution is 2.22. The Bertz CT molecular complexity index is 704. The van der Waals surface area contributed by atoms with Crippen LogP contribution in [0.15, 0.2) is 72.4 Å². The first-order valence-electron chi connectivity index (χ1n) is 6.22. The van der Waals surface area contributed by atoms with Crippen molar-refractivity contribution in [1.82, 2.24) is 0 Å². The fraction of sp³-hybridized carbons (Fsp3) is 0. The zero-order valence-corrected chi connectivity index (χ0v) is 11.5. The van der Waals surface area contributed by atoms with E-state index in [1.807, 2.05) is 6.07 Å². The largest absolute Gasteiger partial charge is 0.478 e. The summed E-state index contributed by atoms with van der Waals surface area (Å²) in [6.07, 6.45) is 7.17. The second-order valence-electron chi connectivity index (χ2n) is 4.04. The fourth-order valence-corrected chi connectivity index (χ4v) is 1.65. The molecule has 0 heterocycles. The number of aliphatic carboxylic acids is 2. The molecular weight excluding hydrogens is 282 g/mol. The smallest absolute Gasteiger partial charge is 0.328 e. The molecule has 0 saturated heterocycles. The van der Waals surface area contributed by atoms with Gasteiger partial charge in [0.2, 0.25) is 0 Å². The molecule has 5 heteroatoms. The van der Waals surface area contributed by atoms with Crippen LogP contribution in [-0.4, -0.2) is 22.2 Å². The lowest BCUT2D eigenvalue weighted by Crippen LogP contribution is -1.92. The minimum absolute atomic E-state index is 0.410. The Balaban J connectivity index is 3.50. The van der Waals surface area contributed by atoms with E-state index in [1.165, 1.54) is 24.3 Å². The van der Waals surface area contributed by atoms with Gasteiger partial charge in [0.15, 0.2) is 0 Å². The first-order chi connectivity index (χ1) is 10.5. The molecule has 0 spiro atoms. The maximum atomic E-state index is 10.7. The summed E-state index contributed by atoms with van der Waals surface area (Å²) in [5.41, 5.74) is 1.60. The Labute approximate surface area is 127 Å². The van der Waals surface area contributed by atoms with E-state index < -0.39 is 11.9 Å². The van der Waals surface area contributed by atoms with Crippen molar-refractivity contribution < 1.29 is 19.8 Å². The predicted octanol–water partition coefficient (Wildman–Crippen LogP) is 2.80. The monoisotopic (exact) mass is 295 g/mol. The van der Waals surface area contributed by atoms with Crippen molar-refractivity contribution >= 4 is 17.5 Å². The van der Waals surface area contributed by atoms with Crippen molar-refractivity contribution in [2.75, 3.05) is 0 Å². The molecule has 1 rings (SSSR count). The number of carbonyl (C=O) groups is 2. The number of carboxylic acid groups (broad SMARTS) is 2. The van der Waals surface area contributed by atoms with Gasteiger partial charge in [-0.2, -0.15) is 5.26 Å². The zero-order chi connectivity index (χ0) is 16.4. The molecule has 22 heavy (non-hydrogen) atoms. The van der Waals surface area contributed by atoms with Gasteiger partial charge in [-0.1, -0.05) is 30.3 Å². The standard InChI is InChI=1S/C17H13NO4/c18-12-4-7-14(8-10-16(19)20)15(9-11-17(21)22)13-5-2-1-3-6-13/h1-11H,(H,19,20)(H,21,22). The van der Waals surface area contributed by atoms with Crippen LogP contribution in [0.5, 0.6) is 0 Å². The molecular formula is C17H13NO4. The number of nitrogens with zero attached hydrogens (tertiary/aromatic N) is 1. The molecule has 5 nitrogen and oxygen atoms in total. The van der Waals surface area contributed by atoms with Gasteiger partial charge in [0.05, 0.1) is 6.07 Å². The lowest BCUT2D eigenvalue weighted by Gasteiger charge is -2.06. The van der Waals surface area contributed by atoms with Gasteiger partial charge < -0.3 is 10.2 Å². The molecule has 0 aliphatic carbocycles. The highest BCUT2D eigenvalue weighted by Gasteiger charge is 2.04. The molecule has 2 N–H and O–H groups in total. The van der Waals surface area contributed by atoms with Gasteiger partial charge in [-0.25, -0.2) is 9.59 Å². The van der Waals surface area contributed by atoms with E-state index in [0.29, 0.717) is 16.7 Å². The van der Waals surface area contributed by atoms with Crippen molar-refractivity contribution in [1.29, 1.82) is 5.26 Å². The summed E-state index contributed by atoms with van der Waals surface area (Å²) in [5, 5.41) is 26.2. The highest BCUT2D eigenvalue weighted by atomic mass is 16.4. The Morgan fingerprint density at radius 3 is 2.05 bits per heavy atom. The number of allylic oxidation sites excluding steroid dienone is 6. The summed E-state index contributed by atoms with van der Waals surface area (Å²) in [4.78, 5) is 21.4. The minimum atomic E-state index is -1.14. The maximum Gasteiger partial charge on any atom is 0.328 e. The van der Waals surface area contributed by atoms with Crippen molar-refractivity contribution in [3.05, 3.63) is 77.9 Å². The Hall–Kier alpha value is -3.39. The molecule has 0 fully saturated rings. The van der Waals surface area contributed by atoms with Gasteiger partial charge in [-0.3, -0.25) is 0 Å². The van der Waals surface area contributed by atoms with Crippen LogP contribution in [-0.2, 0) is 9.59 Å². The van der Waals surface area contributed by atoms with Crippen LogP contribution < -0.4 is 0 Å². The quantitative estimate of drug-likeness (QED) is 0.477. The number of nitriles is 1. The normalized spacial score (nSPS) is 12.5. The van der Waals surface area contributed by atoms with E-state index in [2.05, 4.69) is 0 Å². The number of hydrogen-bond donors (Lipinski definition) is 2. The van der Waals surface area contributed by atoms with E-state index in [9.17, 15) is 9.59 Å². The summed E-state index contributed by atoms with van der Waals surface area (Å²) >= 11 is 0. The van der Waals surface area contributed by atoms with Gasteiger partial charge in [0, 0.05) is 18.2 Å². The average Bonchev–Trinajstić information content (AvgIpc) is 2.49. The molecule has 1 aromatic rings. The first kappa shape index (κ1) is 16.7. The molecule has 110 valence electrons. The van der Waals surface area contributed by atoms with Crippen LogP contribution in [0.25, 0.3) is 5.57 Å². The average molecular weight is 295 g/mol. The van der Waals surface area contributed by atoms with Crippen LogP contribution in [0.2, 0.25) is 0 Å². The van der Waals surface area contributed by atoms with Crippen LogP contribution in [0.3, 0.4) is 0 Å². The molecule has 0 bridgehead atoms. The second kappa shape index (κ2) is 8.72. The highest BCUT2D eigenvalue weighted by molar-refractivity contribution is 5.89. The van der Waals surface area contributed by atoms with Crippen LogP contribution in [0, 0.1) is 11.3 Å². The number of hydrogen-bond acceptors (Lipinski definition) is 3. The lowest BCUT2D eigenvalue weighted by atomic mass is 9.98. The number of benzene rings is 1. The fourth-order valence-electron chi connectivity index (χ4n) is 1.65. The Morgan fingerprint density at radius 2 is 1.50 bits per heavy atom. The third kappa shape index (κ3) is 5.72. The predicted molar refractivity (Wildman–Crippen MR) is 81.7 cm³/mol. The summed E-state index contributed by atoms with van der Waals surface area (Å²) in [7, 11) is 0. The summed E-state index contributed by atoms with van der Waals surface area (Å²) in [6.45, 7) is 0. The van der Waals surface area contributed by atoms with Crippen molar-refractivity contribution in [2.45, 2.75) is 0 Å². The third-order valence-corrected chi connectivity index (χ3v) is 2.53. The van der Waals surface area contributed by atoms with Gasteiger partial charge in [-0.05, 0) is 34.9 Å². The molecule has 0 aliphatic heterocycles. The van der Waals surface area contributed by atoms with Gasteiger partial charge >= 0.3 is 11.9 Å². The Kier molecular flexibility index (Phi) is 6.60. The summed E-state index contributed by atoms with van der Waals surface area (Å²) in [6, 6.07) is 10.7. The molecule has 1 aromatic carbocycles. The van der Waals surface area contributed by atoms with Crippen molar-refractivity contribution in [3.8, 4) is 6.07 Å². The van der Waals surface area contributed by atoms with Crippen LogP contribution >= 0.6 is 0 Å². The van der Waals surface area contributed by atoms with Crippen molar-refractivity contribution in [2.24, 2.45) is 0 Å². The number of carboxylic acids is 2. The van der Waals surface area contributed by atoms with E-state index in [0.717, 1.165) is 12.2 Å². The molecule has 0 radical (unpaired) electrons. The molecule has 0 amide bonds. The van der Waals surface area contributed by atoms with Gasteiger partial charge in [-0.15, -0.1) is 0 Å². The van der Waals surface area contributed by atoms with Gasteiger partial charge in [0.1, 0.15) is 0 Å². The molecule has 0 saturated carbocycles. The molecule has 0 atom stereocenters. The first-order valence-corrected chi connectivity index (χ1v) is 6.22. The number of rotatable bonds is 6. The van der Waals surface area contributed by atoms with Gasteiger partial charge in [0.25, 0.3) is 0 Å². The summed E-state index contributed by atoms with van der Waals surface area (Å²) in [5.74, 6) is -2.27. The summed E-state index contributed by atoms with van der Waals surface area (Å²) < 4.78 is 0. The van der Waals surface area contributed by atoms with E-state index in [-0.39, 0.29) is 0 Å². The molecule has 0 aliphatic rings. The zero-order valence-electron chi connectivity index (χ0n) is 11.5. The SMILES string of the molecule is N#CC=CC(C=CC(=O)O)=C(C=CC(=O)O)c1ccccc1. The van der Waals surface area contributed by atoms with Crippen LogP contribution in [0.4, 0.5) is 0 Å². The Morgan fingerprint density at radius 1 is 0.909 bits per heavy atom. The second-order valence-corrected chi connectivity index (χ2v) is 4.04. The van der Waals surface area contributed by atoms with Crippen molar-refractivity contribution in [3.63, 3.8) is 0 Å². The van der Waals surface area contributed by atoms with Crippen LogP contribution in [0.1, 0.15) is 5.56 Å². The van der Waals surface area contributed by atoms with E-state index in [1.54, 1.807) is 30.3 Å². The van der Waals surface area contributed by atoms with E-state index in [4.69, 9.17) is 15.5 Å². The third-order valence-electron chi connectivity index (χ3n) is 2.53. The molecule has 0 unspecified atom stereocenters. The minimum Gasteiger partial charge on any atom is -0.478 e. The lowest BCUT2D eigenvalue weighted by molar-refractivity contribution is -0.132. The van der Waals surface area contributed by atoms with E-state index >= 15 is 0 Å². The maximum absolute atomic E-state index is 10.7.